The SMILES string of the molecule is FP(S)S. The van der Waals surface area contributed by atoms with Crippen LogP contribution in [0.5, 0.6) is 0 Å². The van der Waals surface area contributed by atoms with Crippen LogP contribution in [0.1, 0.15) is 0 Å². The molecular weight excluding hydrogens is 114 g/mol. The first-order valence-electron chi connectivity index (χ1n) is 0.569. The summed E-state index contributed by atoms with van der Waals surface area (Å²) in [6.45, 7) is -1.73. The quantitative estimate of drug-likeness (QED) is 0.351. The monoisotopic (exact) mass is 116 g/mol. The van der Waals surface area contributed by atoms with E-state index in [-0.39, 0.29) is 0 Å². The third-order valence-electron chi connectivity index (χ3n) is 0. The summed E-state index contributed by atoms with van der Waals surface area (Å²) >= 11 is 6.46. The first kappa shape index (κ1) is 5.06. The van der Waals surface area contributed by atoms with Crippen molar-refractivity contribution in [2.24, 2.45) is 0 Å². The Kier molecular flexibility index (Phi) is 2.92. The van der Waals surface area contributed by atoms with E-state index in [1.165, 1.54) is 0 Å². The van der Waals surface area contributed by atoms with Crippen molar-refractivity contribution in [2.45, 2.75) is 0 Å². The second kappa shape index (κ2) is 2.31. The van der Waals surface area contributed by atoms with Crippen molar-refractivity contribution in [3.8, 4) is 0 Å². The van der Waals surface area contributed by atoms with Gasteiger partial charge in [0.1, 0.15) is 0 Å². The minimum Gasteiger partial charge on any atom is -0.203 e. The Bertz CT molecular complexity index is 10.8. The molecule has 0 bridgehead atoms. The fraction of sp³-hybridized carbons (Fsp3) is 0. The fourth-order valence-electron chi connectivity index (χ4n) is 0. The molecule has 0 aliphatic rings. The zero-order valence-corrected chi connectivity index (χ0v) is 4.40. The van der Waals surface area contributed by atoms with E-state index in [2.05, 4.69) is 24.5 Å². The molecule has 0 unspecified atom stereocenters. The van der Waals surface area contributed by atoms with Crippen LogP contribution in [0, 0.1) is 0 Å². The van der Waals surface area contributed by atoms with E-state index < -0.39 is 6.64 Å². The molecule has 0 fully saturated rings. The predicted octanol–water partition coefficient (Wildman–Crippen LogP) is 2.04. The second-order valence-corrected chi connectivity index (χ2v) is 3.78. The summed E-state index contributed by atoms with van der Waals surface area (Å²) in [5.41, 5.74) is 0. The molecule has 0 atom stereocenters. The van der Waals surface area contributed by atoms with Gasteiger partial charge in [0.15, 0.2) is 6.64 Å². The van der Waals surface area contributed by atoms with Crippen LogP contribution in [0.25, 0.3) is 0 Å². The van der Waals surface area contributed by atoms with E-state index in [9.17, 15) is 4.20 Å². The molecule has 0 aromatic rings. The number of hydrogen-bond acceptors (Lipinski definition) is 2. The third-order valence-corrected chi connectivity index (χ3v) is 0. The van der Waals surface area contributed by atoms with Gasteiger partial charge in [0, 0.05) is 0 Å². The maximum absolute atomic E-state index is 10.8. The first-order valence-corrected chi connectivity index (χ1v) is 4.11. The van der Waals surface area contributed by atoms with Gasteiger partial charge in [-0.25, -0.2) is 4.20 Å². The van der Waals surface area contributed by atoms with Gasteiger partial charge in [-0.05, 0) is 0 Å². The summed E-state index contributed by atoms with van der Waals surface area (Å²) in [6.07, 6.45) is 0. The number of halogens is 1. The Morgan fingerprint density at radius 2 is 1.50 bits per heavy atom. The smallest absolute Gasteiger partial charge is 0.196 e. The maximum atomic E-state index is 10.8. The van der Waals surface area contributed by atoms with Crippen LogP contribution in [0.15, 0.2) is 0 Å². The highest BCUT2D eigenvalue weighted by atomic mass is 33.1. The lowest BCUT2D eigenvalue weighted by Gasteiger charge is -1.71. The molecule has 0 aliphatic carbocycles. The zero-order chi connectivity index (χ0) is 3.58. The Labute approximate surface area is 36.0 Å². The molecule has 0 aromatic heterocycles. The molecule has 26 valence electrons. The Hall–Kier alpha value is 1.06. The van der Waals surface area contributed by atoms with Gasteiger partial charge in [0.05, 0.1) is 0 Å². The van der Waals surface area contributed by atoms with Crippen molar-refractivity contribution in [3.05, 3.63) is 0 Å². The van der Waals surface area contributed by atoms with E-state index in [0.717, 1.165) is 0 Å². The van der Waals surface area contributed by atoms with Gasteiger partial charge in [-0.2, -0.15) is 0 Å². The van der Waals surface area contributed by atoms with E-state index in [1.54, 1.807) is 0 Å². The van der Waals surface area contributed by atoms with Crippen LogP contribution in [-0.4, -0.2) is 0 Å². The summed E-state index contributed by atoms with van der Waals surface area (Å²) < 4.78 is 10.8. The van der Waals surface area contributed by atoms with Gasteiger partial charge in [0.2, 0.25) is 0 Å². The molecular formula is H2FPS2. The summed E-state index contributed by atoms with van der Waals surface area (Å²) in [6, 6.07) is 0. The zero-order valence-electron chi connectivity index (χ0n) is 1.72. The molecule has 0 rings (SSSR count). The number of rotatable bonds is 0. The van der Waals surface area contributed by atoms with Crippen LogP contribution in [0.2, 0.25) is 0 Å². The largest absolute Gasteiger partial charge is 0.203 e. The number of hydrogen-bond donors (Lipinski definition) is 2. The normalized spacial score (nSPS) is 9.00. The second-order valence-electron chi connectivity index (χ2n) is 0.241. The van der Waals surface area contributed by atoms with Gasteiger partial charge in [-0.15, -0.1) is 24.5 Å². The molecule has 0 amide bonds. The lowest BCUT2D eigenvalue weighted by Crippen LogP contribution is -1.02. The van der Waals surface area contributed by atoms with Crippen molar-refractivity contribution in [2.75, 3.05) is 0 Å². The lowest BCUT2D eigenvalue weighted by atomic mass is 18.9. The van der Waals surface area contributed by atoms with Crippen molar-refractivity contribution < 1.29 is 4.20 Å². The minimum atomic E-state index is -1.73. The van der Waals surface area contributed by atoms with E-state index >= 15 is 0 Å². The standard InChI is InChI=1S/FH2PS2/c1-2(3)4/h3-4H. The molecule has 0 aliphatic heterocycles. The van der Waals surface area contributed by atoms with E-state index in [4.69, 9.17) is 0 Å². The summed E-state index contributed by atoms with van der Waals surface area (Å²) in [7, 11) is 0. The Morgan fingerprint density at radius 1 is 1.50 bits per heavy atom. The molecule has 4 heteroatoms. The van der Waals surface area contributed by atoms with E-state index in [0.29, 0.717) is 0 Å². The van der Waals surface area contributed by atoms with E-state index in [1.807, 2.05) is 0 Å². The molecule has 0 radical (unpaired) electrons. The molecule has 0 aromatic carbocycles. The Morgan fingerprint density at radius 3 is 1.50 bits per heavy atom. The highest BCUT2D eigenvalue weighted by Crippen LogP contribution is 2.46. The van der Waals surface area contributed by atoms with Crippen LogP contribution in [-0.2, 0) is 0 Å². The van der Waals surface area contributed by atoms with Crippen molar-refractivity contribution in [3.63, 3.8) is 0 Å². The lowest BCUT2D eigenvalue weighted by molar-refractivity contribution is 0.932. The van der Waals surface area contributed by atoms with Crippen molar-refractivity contribution in [1.29, 1.82) is 0 Å². The highest BCUT2D eigenvalue weighted by molar-refractivity contribution is 8.76. The van der Waals surface area contributed by atoms with Gasteiger partial charge in [-0.3, -0.25) is 0 Å². The molecule has 0 spiro atoms. The molecule has 0 N–H and O–H groups in total. The average Bonchev–Trinajstić information content (AvgIpc) is 0.811. The summed E-state index contributed by atoms with van der Waals surface area (Å²) in [5.74, 6) is 0. The van der Waals surface area contributed by atoms with Gasteiger partial charge >= 0.3 is 0 Å². The number of thiol groups is 2. The first-order chi connectivity index (χ1) is 1.73. The average molecular weight is 116 g/mol. The van der Waals surface area contributed by atoms with Gasteiger partial charge in [0.25, 0.3) is 0 Å². The predicted molar refractivity (Wildman–Crippen MR) is 26.0 cm³/mol. The minimum absolute atomic E-state index is 1.73. The topological polar surface area (TPSA) is 0 Å². The molecule has 0 saturated carbocycles. The highest BCUT2D eigenvalue weighted by Gasteiger charge is 1.77. The molecule has 0 nitrogen and oxygen atoms in total. The van der Waals surface area contributed by atoms with Crippen LogP contribution in [0.4, 0.5) is 4.20 Å². The third kappa shape index (κ3) is 11.6. The Balaban J connectivity index is 2.32. The van der Waals surface area contributed by atoms with Gasteiger partial charge < -0.3 is 0 Å². The van der Waals surface area contributed by atoms with Gasteiger partial charge in [-0.1, -0.05) is 0 Å². The van der Waals surface area contributed by atoms with Crippen LogP contribution in [0.3, 0.4) is 0 Å². The van der Waals surface area contributed by atoms with Crippen molar-refractivity contribution in [1.82, 2.24) is 0 Å². The summed E-state index contributed by atoms with van der Waals surface area (Å²) in [4.78, 5) is 0. The maximum Gasteiger partial charge on any atom is 0.196 e. The van der Waals surface area contributed by atoms with Crippen LogP contribution < -0.4 is 0 Å². The fourth-order valence-corrected chi connectivity index (χ4v) is 0. The summed E-state index contributed by atoms with van der Waals surface area (Å²) in [5, 5.41) is 0. The van der Waals surface area contributed by atoms with Crippen molar-refractivity contribution >= 4 is 31.1 Å². The van der Waals surface area contributed by atoms with Crippen LogP contribution >= 0.6 is 31.1 Å². The molecule has 0 saturated heterocycles. The molecule has 0 heterocycles. The molecule has 4 heavy (non-hydrogen) atoms.